The van der Waals surface area contributed by atoms with Crippen molar-refractivity contribution in [2.45, 2.75) is 6.54 Å². The molecule has 0 N–H and O–H groups in total. The molecule has 2 heterocycles. The van der Waals surface area contributed by atoms with Crippen molar-refractivity contribution in [2.24, 2.45) is 0 Å². The lowest BCUT2D eigenvalue weighted by molar-refractivity contribution is 0.0787. The highest BCUT2D eigenvalue weighted by atomic mass is 79.9. The summed E-state index contributed by atoms with van der Waals surface area (Å²) in [5.74, 6) is -0.0307. The summed E-state index contributed by atoms with van der Waals surface area (Å²) >= 11 is 3.44. The Balaban J connectivity index is 1.73. The van der Waals surface area contributed by atoms with Gasteiger partial charge in [-0.15, -0.1) is 0 Å². The normalized spacial score (nSPS) is 10.8. The third kappa shape index (κ3) is 3.80. The molecule has 0 aliphatic carbocycles. The highest BCUT2D eigenvalue weighted by molar-refractivity contribution is 9.10. The van der Waals surface area contributed by atoms with E-state index in [1.165, 1.54) is 0 Å². The second-order valence-corrected chi connectivity index (χ2v) is 7.51. The highest BCUT2D eigenvalue weighted by Gasteiger charge is 2.17. The Morgan fingerprint density at radius 1 is 1.00 bits per heavy atom. The van der Waals surface area contributed by atoms with Crippen molar-refractivity contribution in [1.29, 1.82) is 0 Å². The van der Waals surface area contributed by atoms with Crippen molar-refractivity contribution >= 4 is 32.7 Å². The third-order valence-corrected chi connectivity index (χ3v) is 5.13. The molecule has 0 saturated heterocycles. The standard InChI is InChI=1S/C23H18BrN3O/c1-27(15-16-6-8-18(24)9-7-16)23(28)20-14-22(17-10-12-25-13-11-17)26-21-5-3-2-4-19(20)21/h2-14H,15H2,1H3. The maximum absolute atomic E-state index is 13.3. The average molecular weight is 432 g/mol. The summed E-state index contributed by atoms with van der Waals surface area (Å²) in [7, 11) is 1.83. The van der Waals surface area contributed by atoms with E-state index in [9.17, 15) is 4.79 Å². The summed E-state index contributed by atoms with van der Waals surface area (Å²) in [5, 5.41) is 0.855. The second-order valence-electron chi connectivity index (χ2n) is 6.60. The fourth-order valence-corrected chi connectivity index (χ4v) is 3.43. The van der Waals surface area contributed by atoms with Crippen molar-refractivity contribution < 1.29 is 4.79 Å². The number of carbonyl (C=O) groups excluding carboxylic acids is 1. The topological polar surface area (TPSA) is 46.1 Å². The Labute approximate surface area is 172 Å². The van der Waals surface area contributed by atoms with Crippen molar-refractivity contribution in [3.63, 3.8) is 0 Å². The van der Waals surface area contributed by atoms with Crippen LogP contribution in [0.2, 0.25) is 0 Å². The third-order valence-electron chi connectivity index (χ3n) is 4.60. The zero-order chi connectivity index (χ0) is 19.5. The molecule has 0 aliphatic rings. The number of nitrogens with zero attached hydrogens (tertiary/aromatic N) is 3. The van der Waals surface area contributed by atoms with Crippen LogP contribution in [0, 0.1) is 0 Å². The van der Waals surface area contributed by atoms with E-state index in [2.05, 4.69) is 20.9 Å². The Kier molecular flexibility index (Phi) is 5.17. The van der Waals surface area contributed by atoms with Crippen molar-refractivity contribution in [3.8, 4) is 11.3 Å². The molecule has 0 aliphatic heterocycles. The quantitative estimate of drug-likeness (QED) is 0.438. The molecule has 2 aromatic heterocycles. The van der Waals surface area contributed by atoms with Crippen LogP contribution < -0.4 is 0 Å². The molecule has 4 aromatic rings. The number of fused-ring (bicyclic) bond motifs is 1. The number of benzene rings is 2. The first kappa shape index (κ1) is 18.3. The summed E-state index contributed by atoms with van der Waals surface area (Å²) in [5.41, 5.74) is 4.23. The molecule has 138 valence electrons. The van der Waals surface area contributed by atoms with Gasteiger partial charge in [0.15, 0.2) is 0 Å². The monoisotopic (exact) mass is 431 g/mol. The fourth-order valence-electron chi connectivity index (χ4n) is 3.16. The van der Waals surface area contributed by atoms with Gasteiger partial charge in [-0.3, -0.25) is 9.78 Å². The first-order valence-corrected chi connectivity index (χ1v) is 9.71. The van der Waals surface area contributed by atoms with Gasteiger partial charge in [0.1, 0.15) is 0 Å². The second kappa shape index (κ2) is 7.90. The van der Waals surface area contributed by atoms with Gasteiger partial charge in [0.25, 0.3) is 5.91 Å². The Morgan fingerprint density at radius 3 is 2.46 bits per heavy atom. The first-order chi connectivity index (χ1) is 13.6. The number of hydrogen-bond acceptors (Lipinski definition) is 3. The van der Waals surface area contributed by atoms with Crippen LogP contribution in [0.3, 0.4) is 0 Å². The number of pyridine rings is 2. The molecule has 1 amide bonds. The maximum Gasteiger partial charge on any atom is 0.254 e. The van der Waals surface area contributed by atoms with Gasteiger partial charge >= 0.3 is 0 Å². The van der Waals surface area contributed by atoms with E-state index < -0.39 is 0 Å². The fraction of sp³-hybridized carbons (Fsp3) is 0.0870. The molecule has 0 atom stereocenters. The van der Waals surface area contributed by atoms with Gasteiger partial charge in [-0.25, -0.2) is 4.98 Å². The van der Waals surface area contributed by atoms with Crippen LogP contribution in [0.1, 0.15) is 15.9 Å². The van der Waals surface area contributed by atoms with E-state index in [0.717, 1.165) is 32.2 Å². The molecule has 4 rings (SSSR count). The lowest BCUT2D eigenvalue weighted by atomic mass is 10.0. The van der Waals surface area contributed by atoms with Gasteiger partial charge < -0.3 is 4.90 Å². The number of halogens is 1. The molecular weight excluding hydrogens is 414 g/mol. The number of hydrogen-bond donors (Lipinski definition) is 0. The van der Waals surface area contributed by atoms with Gasteiger partial charge in [0.2, 0.25) is 0 Å². The molecule has 0 saturated carbocycles. The molecule has 28 heavy (non-hydrogen) atoms. The van der Waals surface area contributed by atoms with Crippen LogP contribution in [0.4, 0.5) is 0 Å². The van der Waals surface area contributed by atoms with Crippen LogP contribution in [0.5, 0.6) is 0 Å². The maximum atomic E-state index is 13.3. The van der Waals surface area contributed by atoms with Gasteiger partial charge in [-0.05, 0) is 42.0 Å². The van der Waals surface area contributed by atoms with E-state index in [4.69, 9.17) is 4.98 Å². The van der Waals surface area contributed by atoms with Crippen molar-refractivity contribution in [3.05, 3.63) is 94.7 Å². The zero-order valence-corrected chi connectivity index (χ0v) is 16.9. The molecule has 0 unspecified atom stereocenters. The first-order valence-electron chi connectivity index (χ1n) is 8.92. The number of aromatic nitrogens is 2. The van der Waals surface area contributed by atoms with Gasteiger partial charge in [-0.2, -0.15) is 0 Å². The predicted octanol–water partition coefficient (Wildman–Crippen LogP) is 5.33. The molecule has 0 radical (unpaired) electrons. The molecule has 4 nitrogen and oxygen atoms in total. The summed E-state index contributed by atoms with van der Waals surface area (Å²) in [6, 6.07) is 21.4. The van der Waals surface area contributed by atoms with Gasteiger partial charge in [-0.1, -0.05) is 46.3 Å². The molecule has 0 bridgehead atoms. The number of para-hydroxylation sites is 1. The van der Waals surface area contributed by atoms with Gasteiger partial charge in [0.05, 0.1) is 16.8 Å². The van der Waals surface area contributed by atoms with Gasteiger partial charge in [0, 0.05) is 41.4 Å². The summed E-state index contributed by atoms with van der Waals surface area (Å²) in [6.07, 6.45) is 3.46. The van der Waals surface area contributed by atoms with E-state index >= 15 is 0 Å². The smallest absolute Gasteiger partial charge is 0.254 e. The highest BCUT2D eigenvalue weighted by Crippen LogP contribution is 2.26. The van der Waals surface area contributed by atoms with Crippen LogP contribution in [0.15, 0.2) is 83.6 Å². The molecule has 0 fully saturated rings. The van der Waals surface area contributed by atoms with Crippen molar-refractivity contribution in [1.82, 2.24) is 14.9 Å². The molecule has 2 aromatic carbocycles. The summed E-state index contributed by atoms with van der Waals surface area (Å²) in [6.45, 7) is 0.535. The Bertz CT molecular complexity index is 1130. The minimum absolute atomic E-state index is 0.0307. The van der Waals surface area contributed by atoms with E-state index in [0.29, 0.717) is 12.1 Å². The molecular formula is C23H18BrN3O. The average Bonchev–Trinajstić information content (AvgIpc) is 2.74. The van der Waals surface area contributed by atoms with Crippen molar-refractivity contribution in [2.75, 3.05) is 7.05 Å². The largest absolute Gasteiger partial charge is 0.337 e. The number of carbonyl (C=O) groups is 1. The lowest BCUT2D eigenvalue weighted by Gasteiger charge is -2.19. The lowest BCUT2D eigenvalue weighted by Crippen LogP contribution is -2.26. The molecule has 5 heteroatoms. The minimum Gasteiger partial charge on any atom is -0.337 e. The van der Waals surface area contributed by atoms with Crippen LogP contribution in [-0.2, 0) is 6.54 Å². The summed E-state index contributed by atoms with van der Waals surface area (Å²) < 4.78 is 1.02. The minimum atomic E-state index is -0.0307. The van der Waals surface area contributed by atoms with Crippen LogP contribution in [-0.4, -0.2) is 27.8 Å². The SMILES string of the molecule is CN(Cc1ccc(Br)cc1)C(=O)c1cc(-c2ccncc2)nc2ccccc12. The Morgan fingerprint density at radius 2 is 1.71 bits per heavy atom. The Hall–Kier alpha value is -3.05. The summed E-state index contributed by atoms with van der Waals surface area (Å²) in [4.78, 5) is 23.8. The van der Waals surface area contributed by atoms with Crippen LogP contribution in [0.25, 0.3) is 22.2 Å². The zero-order valence-electron chi connectivity index (χ0n) is 15.3. The number of amides is 1. The van der Waals surface area contributed by atoms with E-state index in [1.54, 1.807) is 17.3 Å². The van der Waals surface area contributed by atoms with E-state index in [-0.39, 0.29) is 5.91 Å². The molecule has 0 spiro atoms. The predicted molar refractivity (Wildman–Crippen MR) is 115 cm³/mol. The van der Waals surface area contributed by atoms with E-state index in [1.807, 2.05) is 73.8 Å². The number of rotatable bonds is 4. The van der Waals surface area contributed by atoms with Crippen LogP contribution >= 0.6 is 15.9 Å².